The van der Waals surface area contributed by atoms with Crippen LogP contribution in [-0.2, 0) is 0 Å². The van der Waals surface area contributed by atoms with E-state index in [1.165, 1.54) is 17.3 Å². The summed E-state index contributed by atoms with van der Waals surface area (Å²) in [6, 6.07) is 5.81. The number of Topliss-reactive ketones (excluding diaryl/α,β-unsaturated/α-hetero) is 1. The SMILES string of the molecule is Cc1ccc(C(=O)C(C)SC(C)C(C)O)cc1C. The first-order chi connectivity index (χ1) is 8.32. The van der Waals surface area contributed by atoms with E-state index in [0.29, 0.717) is 0 Å². The van der Waals surface area contributed by atoms with E-state index >= 15 is 0 Å². The van der Waals surface area contributed by atoms with Crippen molar-refractivity contribution in [3.63, 3.8) is 0 Å². The van der Waals surface area contributed by atoms with E-state index in [9.17, 15) is 9.90 Å². The van der Waals surface area contributed by atoms with Gasteiger partial charge < -0.3 is 5.11 Å². The molecule has 1 aromatic rings. The van der Waals surface area contributed by atoms with Gasteiger partial charge in [-0.1, -0.05) is 19.1 Å². The molecule has 0 saturated carbocycles. The van der Waals surface area contributed by atoms with Crippen LogP contribution in [0.15, 0.2) is 18.2 Å². The highest BCUT2D eigenvalue weighted by Gasteiger charge is 2.20. The summed E-state index contributed by atoms with van der Waals surface area (Å²) in [5.74, 6) is 0.135. The lowest BCUT2D eigenvalue weighted by Gasteiger charge is -2.18. The van der Waals surface area contributed by atoms with E-state index in [1.807, 2.05) is 45.9 Å². The second kappa shape index (κ2) is 6.39. The van der Waals surface area contributed by atoms with Crippen molar-refractivity contribution in [2.24, 2.45) is 0 Å². The van der Waals surface area contributed by atoms with E-state index in [2.05, 4.69) is 0 Å². The molecule has 0 aliphatic carbocycles. The van der Waals surface area contributed by atoms with Crippen LogP contribution >= 0.6 is 11.8 Å². The Hall–Kier alpha value is -0.800. The first kappa shape index (κ1) is 15.3. The van der Waals surface area contributed by atoms with Gasteiger partial charge in [0.1, 0.15) is 0 Å². The third-order valence-electron chi connectivity index (χ3n) is 3.26. The third kappa shape index (κ3) is 3.85. The van der Waals surface area contributed by atoms with Crippen LogP contribution in [0, 0.1) is 13.8 Å². The topological polar surface area (TPSA) is 37.3 Å². The van der Waals surface area contributed by atoms with Gasteiger partial charge in [0.2, 0.25) is 0 Å². The van der Waals surface area contributed by atoms with Gasteiger partial charge in [0.05, 0.1) is 11.4 Å². The van der Waals surface area contributed by atoms with E-state index < -0.39 is 6.10 Å². The fourth-order valence-corrected chi connectivity index (χ4v) is 2.76. The molecule has 3 atom stereocenters. The number of carbonyl (C=O) groups excluding carboxylic acids is 1. The van der Waals surface area contributed by atoms with Gasteiger partial charge in [-0.15, -0.1) is 11.8 Å². The fraction of sp³-hybridized carbons (Fsp3) is 0.533. The Labute approximate surface area is 114 Å². The minimum atomic E-state index is -0.398. The summed E-state index contributed by atoms with van der Waals surface area (Å²) in [7, 11) is 0. The Morgan fingerprint density at radius 2 is 1.78 bits per heavy atom. The van der Waals surface area contributed by atoms with Gasteiger partial charge in [-0.25, -0.2) is 0 Å². The molecule has 0 spiro atoms. The quantitative estimate of drug-likeness (QED) is 0.830. The molecule has 0 fully saturated rings. The Balaban J connectivity index is 2.77. The number of aliphatic hydroxyl groups is 1. The molecule has 3 heteroatoms. The number of rotatable bonds is 5. The van der Waals surface area contributed by atoms with Gasteiger partial charge in [-0.3, -0.25) is 4.79 Å². The van der Waals surface area contributed by atoms with Crippen LogP contribution in [0.5, 0.6) is 0 Å². The standard InChI is InChI=1S/C15H22O2S/c1-9-6-7-14(8-10(9)2)15(17)13(5)18-12(4)11(3)16/h6-8,11-13,16H,1-5H3. The molecule has 0 aliphatic rings. The molecule has 0 aliphatic heterocycles. The van der Waals surface area contributed by atoms with Crippen LogP contribution in [0.4, 0.5) is 0 Å². The monoisotopic (exact) mass is 266 g/mol. The highest BCUT2D eigenvalue weighted by Crippen LogP contribution is 2.24. The summed E-state index contributed by atoms with van der Waals surface area (Å²) >= 11 is 1.52. The maximum atomic E-state index is 12.3. The molecule has 100 valence electrons. The van der Waals surface area contributed by atoms with Gasteiger partial charge in [-0.05, 0) is 44.9 Å². The first-order valence-corrected chi connectivity index (χ1v) is 7.22. The predicted octanol–water partition coefficient (Wildman–Crippen LogP) is 3.38. The Kier molecular flexibility index (Phi) is 5.42. The van der Waals surface area contributed by atoms with Crippen molar-refractivity contribution in [2.45, 2.75) is 51.2 Å². The maximum Gasteiger partial charge on any atom is 0.175 e. The molecule has 1 aromatic carbocycles. The average Bonchev–Trinajstić information content (AvgIpc) is 2.31. The number of hydrogen-bond donors (Lipinski definition) is 1. The summed E-state index contributed by atoms with van der Waals surface area (Å²) in [5, 5.41) is 9.41. The summed E-state index contributed by atoms with van der Waals surface area (Å²) < 4.78 is 0. The van der Waals surface area contributed by atoms with Crippen LogP contribution in [0.3, 0.4) is 0 Å². The van der Waals surface area contributed by atoms with Gasteiger partial charge in [-0.2, -0.15) is 0 Å². The van der Waals surface area contributed by atoms with Crippen LogP contribution < -0.4 is 0 Å². The Morgan fingerprint density at radius 1 is 1.17 bits per heavy atom. The largest absolute Gasteiger partial charge is 0.392 e. The number of thioether (sulfide) groups is 1. The van der Waals surface area contributed by atoms with Gasteiger partial charge in [0, 0.05) is 10.8 Å². The number of benzene rings is 1. The normalized spacial score (nSPS) is 16.1. The van der Waals surface area contributed by atoms with Gasteiger partial charge in [0.25, 0.3) is 0 Å². The lowest BCUT2D eigenvalue weighted by molar-refractivity contribution is 0.0993. The summed E-state index contributed by atoms with van der Waals surface area (Å²) in [4.78, 5) is 12.3. The van der Waals surface area contributed by atoms with Crippen molar-refractivity contribution in [3.05, 3.63) is 34.9 Å². The zero-order chi connectivity index (χ0) is 13.9. The summed E-state index contributed by atoms with van der Waals surface area (Å²) in [6.45, 7) is 9.66. The van der Waals surface area contributed by atoms with Crippen molar-refractivity contribution >= 4 is 17.5 Å². The second-order valence-corrected chi connectivity index (χ2v) is 6.61. The lowest BCUT2D eigenvalue weighted by Crippen LogP contribution is -2.22. The molecule has 0 saturated heterocycles. The maximum absolute atomic E-state index is 12.3. The van der Waals surface area contributed by atoms with E-state index in [1.54, 1.807) is 6.92 Å². The minimum Gasteiger partial charge on any atom is -0.392 e. The van der Waals surface area contributed by atoms with Crippen LogP contribution in [0.1, 0.15) is 42.3 Å². The van der Waals surface area contributed by atoms with Crippen molar-refractivity contribution in [1.29, 1.82) is 0 Å². The Morgan fingerprint density at radius 3 is 2.28 bits per heavy atom. The molecule has 0 heterocycles. The van der Waals surface area contributed by atoms with Crippen LogP contribution in [0.2, 0.25) is 0 Å². The summed E-state index contributed by atoms with van der Waals surface area (Å²) in [5.41, 5.74) is 3.10. The predicted molar refractivity (Wildman–Crippen MR) is 78.4 cm³/mol. The van der Waals surface area contributed by atoms with Gasteiger partial charge in [0.15, 0.2) is 5.78 Å². The second-order valence-electron chi connectivity index (χ2n) is 4.89. The van der Waals surface area contributed by atoms with Gasteiger partial charge >= 0.3 is 0 Å². The molecule has 1 rings (SSSR count). The van der Waals surface area contributed by atoms with E-state index in [0.717, 1.165) is 11.1 Å². The minimum absolute atomic E-state index is 0.0653. The molecule has 0 radical (unpaired) electrons. The average molecular weight is 266 g/mol. The molecule has 1 N–H and O–H groups in total. The molecule has 18 heavy (non-hydrogen) atoms. The smallest absolute Gasteiger partial charge is 0.175 e. The van der Waals surface area contributed by atoms with Crippen molar-refractivity contribution in [2.75, 3.05) is 0 Å². The number of hydrogen-bond acceptors (Lipinski definition) is 3. The molecular weight excluding hydrogens is 244 g/mol. The van der Waals surface area contributed by atoms with E-state index in [-0.39, 0.29) is 16.3 Å². The molecule has 2 nitrogen and oxygen atoms in total. The highest BCUT2D eigenvalue weighted by molar-refractivity contribution is 8.01. The Bertz CT molecular complexity index is 427. The van der Waals surface area contributed by atoms with Crippen LogP contribution in [0.25, 0.3) is 0 Å². The fourth-order valence-electron chi connectivity index (χ4n) is 1.63. The van der Waals surface area contributed by atoms with E-state index in [4.69, 9.17) is 0 Å². The molecule has 0 bridgehead atoms. The van der Waals surface area contributed by atoms with Crippen LogP contribution in [-0.4, -0.2) is 27.5 Å². The summed E-state index contributed by atoms with van der Waals surface area (Å²) in [6.07, 6.45) is -0.398. The molecule has 0 amide bonds. The zero-order valence-electron chi connectivity index (χ0n) is 11.7. The molecule has 3 unspecified atom stereocenters. The third-order valence-corrected chi connectivity index (χ3v) is 4.70. The molecule has 0 aromatic heterocycles. The number of aliphatic hydroxyl groups excluding tert-OH is 1. The molecular formula is C15H22O2S. The first-order valence-electron chi connectivity index (χ1n) is 6.28. The van der Waals surface area contributed by atoms with Crippen molar-refractivity contribution < 1.29 is 9.90 Å². The number of carbonyl (C=O) groups is 1. The highest BCUT2D eigenvalue weighted by atomic mass is 32.2. The van der Waals surface area contributed by atoms with Crippen molar-refractivity contribution in [3.8, 4) is 0 Å². The lowest BCUT2D eigenvalue weighted by atomic mass is 10.0. The zero-order valence-corrected chi connectivity index (χ0v) is 12.5. The van der Waals surface area contributed by atoms with Crippen molar-refractivity contribution in [1.82, 2.24) is 0 Å². The number of ketones is 1. The number of aryl methyl sites for hydroxylation is 2.